The molecule has 0 saturated heterocycles. The second kappa shape index (κ2) is 5.76. The molecule has 1 aromatic rings. The molecule has 1 unspecified atom stereocenters. The molecule has 0 fully saturated rings. The van der Waals surface area contributed by atoms with Crippen LogP contribution in [0, 0.1) is 5.92 Å². The molecule has 0 aliphatic heterocycles. The van der Waals surface area contributed by atoms with Gasteiger partial charge in [-0.1, -0.05) is 26.0 Å². The number of hydrogen-bond donors (Lipinski definition) is 2. The van der Waals surface area contributed by atoms with E-state index in [1.54, 1.807) is 0 Å². The van der Waals surface area contributed by atoms with E-state index in [1.165, 1.54) is 0 Å². The van der Waals surface area contributed by atoms with E-state index in [0.717, 1.165) is 17.7 Å². The van der Waals surface area contributed by atoms with Crippen molar-refractivity contribution in [2.45, 2.75) is 39.8 Å². The Morgan fingerprint density at radius 2 is 2.00 bits per heavy atom. The maximum atomic E-state index is 9.01. The molecule has 2 N–H and O–H groups in total. The first kappa shape index (κ1) is 12.1. The maximum absolute atomic E-state index is 9.01. The van der Waals surface area contributed by atoms with Crippen LogP contribution in [0.3, 0.4) is 0 Å². The monoisotopic (exact) mass is 207 g/mol. The molecule has 15 heavy (non-hydrogen) atoms. The highest BCUT2D eigenvalue weighted by molar-refractivity contribution is 5.46. The fourth-order valence-electron chi connectivity index (χ4n) is 1.81. The van der Waals surface area contributed by atoms with Crippen LogP contribution in [0.1, 0.15) is 32.8 Å². The van der Waals surface area contributed by atoms with Crippen molar-refractivity contribution in [3.63, 3.8) is 0 Å². The van der Waals surface area contributed by atoms with Gasteiger partial charge in [-0.2, -0.15) is 0 Å². The minimum atomic E-state index is 0.105. The molecule has 0 aromatic heterocycles. The summed E-state index contributed by atoms with van der Waals surface area (Å²) in [5.74, 6) is 0.702. The average molecular weight is 207 g/mol. The van der Waals surface area contributed by atoms with Gasteiger partial charge in [0.2, 0.25) is 0 Å². The lowest BCUT2D eigenvalue weighted by Gasteiger charge is -2.17. The van der Waals surface area contributed by atoms with E-state index in [1.807, 2.05) is 24.3 Å². The molecule has 84 valence electrons. The highest BCUT2D eigenvalue weighted by atomic mass is 16.3. The zero-order chi connectivity index (χ0) is 11.3. The SMILES string of the molecule is CC(C)CC(C)Nc1cccc(CO)c1. The van der Waals surface area contributed by atoms with Crippen LogP contribution in [-0.4, -0.2) is 11.1 Å². The van der Waals surface area contributed by atoms with E-state index in [0.29, 0.717) is 12.0 Å². The highest BCUT2D eigenvalue weighted by Gasteiger charge is 2.04. The van der Waals surface area contributed by atoms with Crippen molar-refractivity contribution < 1.29 is 5.11 Å². The van der Waals surface area contributed by atoms with Crippen molar-refractivity contribution in [3.05, 3.63) is 29.8 Å². The fraction of sp³-hybridized carbons (Fsp3) is 0.538. The van der Waals surface area contributed by atoms with Crippen LogP contribution in [-0.2, 0) is 6.61 Å². The van der Waals surface area contributed by atoms with Crippen LogP contribution in [0.5, 0.6) is 0 Å². The third-order valence-electron chi connectivity index (χ3n) is 2.35. The number of anilines is 1. The Morgan fingerprint density at radius 3 is 2.60 bits per heavy atom. The number of benzene rings is 1. The molecule has 0 bridgehead atoms. The summed E-state index contributed by atoms with van der Waals surface area (Å²) in [5, 5.41) is 12.5. The average Bonchev–Trinajstić information content (AvgIpc) is 2.16. The summed E-state index contributed by atoms with van der Waals surface area (Å²) in [6.45, 7) is 6.74. The van der Waals surface area contributed by atoms with Gasteiger partial charge in [-0.05, 0) is 37.0 Å². The number of hydrogen-bond acceptors (Lipinski definition) is 2. The molecule has 2 nitrogen and oxygen atoms in total. The summed E-state index contributed by atoms with van der Waals surface area (Å²) in [6.07, 6.45) is 1.16. The molecule has 0 aliphatic carbocycles. The molecular formula is C13H21NO. The Bertz CT molecular complexity index is 296. The van der Waals surface area contributed by atoms with Gasteiger partial charge in [0.1, 0.15) is 0 Å². The van der Waals surface area contributed by atoms with E-state index >= 15 is 0 Å². The van der Waals surface area contributed by atoms with Crippen LogP contribution in [0.15, 0.2) is 24.3 Å². The van der Waals surface area contributed by atoms with Gasteiger partial charge < -0.3 is 10.4 Å². The molecule has 1 rings (SSSR count). The summed E-state index contributed by atoms with van der Waals surface area (Å²) in [6, 6.07) is 8.40. The topological polar surface area (TPSA) is 32.3 Å². The maximum Gasteiger partial charge on any atom is 0.0682 e. The zero-order valence-corrected chi connectivity index (χ0v) is 9.83. The van der Waals surface area contributed by atoms with Gasteiger partial charge in [-0.15, -0.1) is 0 Å². The number of rotatable bonds is 5. The van der Waals surface area contributed by atoms with Gasteiger partial charge in [0, 0.05) is 11.7 Å². The van der Waals surface area contributed by atoms with Gasteiger partial charge in [-0.3, -0.25) is 0 Å². The first-order valence-corrected chi connectivity index (χ1v) is 5.58. The Hall–Kier alpha value is -1.02. The fourth-order valence-corrected chi connectivity index (χ4v) is 1.81. The van der Waals surface area contributed by atoms with Crippen LogP contribution >= 0.6 is 0 Å². The Morgan fingerprint density at radius 1 is 1.27 bits per heavy atom. The minimum Gasteiger partial charge on any atom is -0.392 e. The second-order valence-corrected chi connectivity index (χ2v) is 4.53. The number of aliphatic hydroxyl groups is 1. The quantitative estimate of drug-likeness (QED) is 0.778. The smallest absolute Gasteiger partial charge is 0.0682 e. The minimum absolute atomic E-state index is 0.105. The van der Waals surface area contributed by atoms with E-state index in [2.05, 4.69) is 26.1 Å². The number of aliphatic hydroxyl groups excluding tert-OH is 1. The Labute approximate surface area is 92.3 Å². The first-order valence-electron chi connectivity index (χ1n) is 5.58. The second-order valence-electron chi connectivity index (χ2n) is 4.53. The molecule has 1 atom stereocenters. The molecular weight excluding hydrogens is 186 g/mol. The van der Waals surface area contributed by atoms with E-state index in [4.69, 9.17) is 5.11 Å². The summed E-state index contributed by atoms with van der Waals surface area (Å²) in [4.78, 5) is 0. The van der Waals surface area contributed by atoms with Crippen molar-refractivity contribution >= 4 is 5.69 Å². The molecule has 2 heteroatoms. The summed E-state index contributed by atoms with van der Waals surface area (Å²) < 4.78 is 0. The largest absolute Gasteiger partial charge is 0.392 e. The van der Waals surface area contributed by atoms with Gasteiger partial charge in [0.25, 0.3) is 0 Å². The zero-order valence-electron chi connectivity index (χ0n) is 9.83. The van der Waals surface area contributed by atoms with Gasteiger partial charge in [-0.25, -0.2) is 0 Å². The van der Waals surface area contributed by atoms with Gasteiger partial charge >= 0.3 is 0 Å². The molecule has 0 aliphatic rings. The molecule has 0 heterocycles. The van der Waals surface area contributed by atoms with Crippen molar-refractivity contribution in [1.29, 1.82) is 0 Å². The number of nitrogens with one attached hydrogen (secondary N) is 1. The van der Waals surface area contributed by atoms with Crippen molar-refractivity contribution in [2.24, 2.45) is 5.92 Å². The van der Waals surface area contributed by atoms with Crippen LogP contribution in [0.4, 0.5) is 5.69 Å². The standard InChI is InChI=1S/C13H21NO/c1-10(2)7-11(3)14-13-6-4-5-12(8-13)9-15/h4-6,8,10-11,14-15H,7,9H2,1-3H3. The van der Waals surface area contributed by atoms with Crippen molar-refractivity contribution in [1.82, 2.24) is 0 Å². The normalized spacial score (nSPS) is 12.9. The van der Waals surface area contributed by atoms with Gasteiger partial charge in [0.15, 0.2) is 0 Å². The lowest BCUT2D eigenvalue weighted by molar-refractivity contribution is 0.282. The lowest BCUT2D eigenvalue weighted by Crippen LogP contribution is -2.17. The molecule has 0 saturated carbocycles. The molecule has 0 spiro atoms. The molecule has 1 aromatic carbocycles. The first-order chi connectivity index (χ1) is 7.11. The predicted octanol–water partition coefficient (Wildman–Crippen LogP) is 3.03. The van der Waals surface area contributed by atoms with Gasteiger partial charge in [0.05, 0.1) is 6.61 Å². The summed E-state index contributed by atoms with van der Waals surface area (Å²) >= 11 is 0. The lowest BCUT2D eigenvalue weighted by atomic mass is 10.0. The summed E-state index contributed by atoms with van der Waals surface area (Å²) in [7, 11) is 0. The van der Waals surface area contributed by atoms with Crippen molar-refractivity contribution in [3.8, 4) is 0 Å². The molecule has 0 radical (unpaired) electrons. The highest BCUT2D eigenvalue weighted by Crippen LogP contribution is 2.14. The Kier molecular flexibility index (Phi) is 4.63. The van der Waals surface area contributed by atoms with E-state index in [-0.39, 0.29) is 6.61 Å². The summed E-state index contributed by atoms with van der Waals surface area (Å²) in [5.41, 5.74) is 2.05. The third kappa shape index (κ3) is 4.34. The van der Waals surface area contributed by atoms with E-state index < -0.39 is 0 Å². The molecule has 0 amide bonds. The van der Waals surface area contributed by atoms with E-state index in [9.17, 15) is 0 Å². The predicted molar refractivity (Wildman–Crippen MR) is 64.9 cm³/mol. The Balaban J connectivity index is 2.55. The van der Waals surface area contributed by atoms with Crippen molar-refractivity contribution in [2.75, 3.05) is 5.32 Å². The van der Waals surface area contributed by atoms with Crippen LogP contribution in [0.2, 0.25) is 0 Å². The third-order valence-corrected chi connectivity index (χ3v) is 2.35. The van der Waals surface area contributed by atoms with Crippen LogP contribution in [0.25, 0.3) is 0 Å². The van der Waals surface area contributed by atoms with Crippen LogP contribution < -0.4 is 5.32 Å².